The van der Waals surface area contributed by atoms with Crippen LogP contribution >= 0.6 is 11.3 Å². The third-order valence-electron chi connectivity index (χ3n) is 6.60. The number of carbonyl (C=O) groups is 1. The number of nitrogens with one attached hydrogen (secondary N) is 1. The lowest BCUT2D eigenvalue weighted by Crippen LogP contribution is -2.43. The number of hydrogen-bond acceptors (Lipinski definition) is 7. The van der Waals surface area contributed by atoms with Crippen molar-refractivity contribution in [2.24, 2.45) is 5.92 Å². The van der Waals surface area contributed by atoms with Gasteiger partial charge >= 0.3 is 0 Å². The van der Waals surface area contributed by atoms with Crippen LogP contribution in [0.15, 0.2) is 26.9 Å². The third kappa shape index (κ3) is 6.16. The van der Waals surface area contributed by atoms with Gasteiger partial charge in [0.2, 0.25) is 15.9 Å². The van der Waals surface area contributed by atoms with Gasteiger partial charge in [0.1, 0.15) is 5.69 Å². The molecule has 4 rings (SSSR count). The standard InChI is InChI=1S/C24H34N4O4S2/c1-19-23(22(32-26-19)9-8-21-7-5-18-33-21)34(30,31)28-16-10-20(11-17-28)24(29)25-12-6-15-27-13-3-2-4-14-27/h5,7-9,18,20H,2-4,6,10-17H2,1H3,(H,25,29). The molecule has 4 heterocycles. The van der Waals surface area contributed by atoms with Crippen molar-refractivity contribution in [3.63, 3.8) is 0 Å². The number of thiophene rings is 1. The summed E-state index contributed by atoms with van der Waals surface area (Å²) in [6.45, 7) is 6.30. The highest BCUT2D eigenvalue weighted by atomic mass is 32.2. The molecule has 2 saturated heterocycles. The topological polar surface area (TPSA) is 95.8 Å². The molecule has 1 N–H and O–H groups in total. The Morgan fingerprint density at radius 2 is 1.97 bits per heavy atom. The van der Waals surface area contributed by atoms with Crippen LogP contribution in [0.2, 0.25) is 0 Å². The molecule has 2 fully saturated rings. The average molecular weight is 507 g/mol. The van der Waals surface area contributed by atoms with Crippen LogP contribution in [0.1, 0.15) is 54.9 Å². The first-order chi connectivity index (χ1) is 16.4. The van der Waals surface area contributed by atoms with Crippen molar-refractivity contribution in [3.8, 4) is 0 Å². The van der Waals surface area contributed by atoms with Crippen LogP contribution in [0.5, 0.6) is 0 Å². The first-order valence-corrected chi connectivity index (χ1v) is 14.4. The highest BCUT2D eigenvalue weighted by Gasteiger charge is 2.35. The minimum atomic E-state index is -3.76. The number of piperidine rings is 2. The molecule has 2 aliphatic heterocycles. The van der Waals surface area contributed by atoms with Crippen molar-refractivity contribution in [2.75, 3.05) is 39.3 Å². The molecule has 0 atom stereocenters. The number of rotatable bonds is 9. The van der Waals surface area contributed by atoms with Gasteiger partial charge in [-0.2, -0.15) is 4.31 Å². The largest absolute Gasteiger partial charge is 0.356 e. The summed E-state index contributed by atoms with van der Waals surface area (Å²) < 4.78 is 33.5. The van der Waals surface area contributed by atoms with E-state index in [0.717, 1.165) is 30.9 Å². The van der Waals surface area contributed by atoms with E-state index in [-0.39, 0.29) is 22.5 Å². The number of sulfonamides is 1. The summed E-state index contributed by atoms with van der Waals surface area (Å²) in [5, 5.41) is 8.91. The van der Waals surface area contributed by atoms with E-state index in [9.17, 15) is 13.2 Å². The summed E-state index contributed by atoms with van der Waals surface area (Å²) in [6.07, 6.45) is 9.33. The van der Waals surface area contributed by atoms with Crippen molar-refractivity contribution in [3.05, 3.63) is 33.8 Å². The molecular formula is C24H34N4O4S2. The molecule has 0 aromatic carbocycles. The molecule has 0 radical (unpaired) electrons. The normalized spacial score (nSPS) is 19.1. The Balaban J connectivity index is 1.28. The van der Waals surface area contributed by atoms with Gasteiger partial charge in [0.25, 0.3) is 0 Å². The SMILES string of the molecule is Cc1noc(C=Cc2cccs2)c1S(=O)(=O)N1CCC(C(=O)NCCCN2CCCCC2)CC1. The monoisotopic (exact) mass is 506 g/mol. The highest BCUT2D eigenvalue weighted by Crippen LogP contribution is 2.29. The van der Waals surface area contributed by atoms with E-state index in [0.29, 0.717) is 38.2 Å². The number of likely N-dealkylation sites (tertiary alicyclic amines) is 1. The number of nitrogens with zero attached hydrogens (tertiary/aromatic N) is 3. The fourth-order valence-electron chi connectivity index (χ4n) is 4.67. The molecule has 0 spiro atoms. The van der Waals surface area contributed by atoms with Crippen LogP contribution in [0.25, 0.3) is 12.2 Å². The lowest BCUT2D eigenvalue weighted by molar-refractivity contribution is -0.126. The zero-order chi connectivity index (χ0) is 24.0. The van der Waals surface area contributed by atoms with Gasteiger partial charge in [-0.15, -0.1) is 11.3 Å². The third-order valence-corrected chi connectivity index (χ3v) is 9.49. The molecule has 2 aromatic heterocycles. The second-order valence-electron chi connectivity index (χ2n) is 9.04. The minimum absolute atomic E-state index is 0.0384. The van der Waals surface area contributed by atoms with Gasteiger partial charge < -0.3 is 14.7 Å². The Morgan fingerprint density at radius 3 is 2.68 bits per heavy atom. The van der Waals surface area contributed by atoms with Crippen LogP contribution in [0.3, 0.4) is 0 Å². The minimum Gasteiger partial charge on any atom is -0.356 e. The van der Waals surface area contributed by atoms with Gasteiger partial charge in [-0.25, -0.2) is 8.42 Å². The molecule has 0 saturated carbocycles. The molecule has 34 heavy (non-hydrogen) atoms. The number of hydrogen-bond donors (Lipinski definition) is 1. The van der Waals surface area contributed by atoms with Crippen LogP contribution in [-0.2, 0) is 14.8 Å². The summed E-state index contributed by atoms with van der Waals surface area (Å²) in [5.41, 5.74) is 0.347. The van der Waals surface area contributed by atoms with Crippen LogP contribution in [0.4, 0.5) is 0 Å². The van der Waals surface area contributed by atoms with Crippen molar-refractivity contribution in [2.45, 2.75) is 50.3 Å². The van der Waals surface area contributed by atoms with Crippen LogP contribution < -0.4 is 5.32 Å². The molecule has 186 valence electrons. The molecular weight excluding hydrogens is 472 g/mol. The maximum atomic E-state index is 13.4. The first-order valence-electron chi connectivity index (χ1n) is 12.1. The van der Waals surface area contributed by atoms with Crippen molar-refractivity contribution in [1.82, 2.24) is 19.7 Å². The zero-order valence-electron chi connectivity index (χ0n) is 19.7. The van der Waals surface area contributed by atoms with Gasteiger partial charge in [0, 0.05) is 30.4 Å². The quantitative estimate of drug-likeness (QED) is 0.522. The molecule has 1 amide bonds. The Hall–Kier alpha value is -2.01. The zero-order valence-corrected chi connectivity index (χ0v) is 21.4. The van der Waals surface area contributed by atoms with E-state index in [1.165, 1.54) is 23.6 Å². The maximum Gasteiger partial charge on any atom is 0.248 e. The number of aromatic nitrogens is 1. The fourth-order valence-corrected chi connectivity index (χ4v) is 7.01. The first kappa shape index (κ1) is 25.1. The molecule has 2 aromatic rings. The molecule has 8 nitrogen and oxygen atoms in total. The van der Waals surface area contributed by atoms with E-state index >= 15 is 0 Å². The average Bonchev–Trinajstić information content (AvgIpc) is 3.51. The smallest absolute Gasteiger partial charge is 0.248 e. The van der Waals surface area contributed by atoms with Gasteiger partial charge in [-0.05, 0) is 82.3 Å². The molecule has 10 heteroatoms. The Bertz CT molecular complexity index is 1060. The van der Waals surface area contributed by atoms with Crippen molar-refractivity contribution < 1.29 is 17.7 Å². The predicted molar refractivity (Wildman–Crippen MR) is 134 cm³/mol. The van der Waals surface area contributed by atoms with Gasteiger partial charge in [-0.1, -0.05) is 17.6 Å². The second-order valence-corrected chi connectivity index (χ2v) is 11.9. The van der Waals surface area contributed by atoms with E-state index in [1.807, 2.05) is 23.6 Å². The van der Waals surface area contributed by atoms with Crippen molar-refractivity contribution in [1.29, 1.82) is 0 Å². The number of carbonyl (C=O) groups excluding carboxylic acids is 1. The Kier molecular flexibility index (Phi) is 8.57. The van der Waals surface area contributed by atoms with Gasteiger partial charge in [0.05, 0.1) is 0 Å². The second kappa shape index (κ2) is 11.6. The number of amides is 1. The van der Waals surface area contributed by atoms with Crippen LogP contribution in [0, 0.1) is 12.8 Å². The summed E-state index contributed by atoms with van der Waals surface area (Å²) in [5.74, 6) is 0.124. The summed E-state index contributed by atoms with van der Waals surface area (Å²) >= 11 is 1.56. The van der Waals surface area contributed by atoms with Gasteiger partial charge in [-0.3, -0.25) is 4.79 Å². The molecule has 0 bridgehead atoms. The summed E-state index contributed by atoms with van der Waals surface area (Å²) in [4.78, 5) is 16.2. The molecule has 2 aliphatic rings. The van der Waals surface area contributed by atoms with E-state index in [1.54, 1.807) is 24.3 Å². The Labute approximate surface area is 206 Å². The molecule has 0 aliphatic carbocycles. The van der Waals surface area contributed by atoms with Crippen LogP contribution in [-0.4, -0.2) is 68.0 Å². The van der Waals surface area contributed by atoms with E-state index < -0.39 is 10.0 Å². The lowest BCUT2D eigenvalue weighted by atomic mass is 9.97. The maximum absolute atomic E-state index is 13.4. The van der Waals surface area contributed by atoms with E-state index in [2.05, 4.69) is 15.4 Å². The van der Waals surface area contributed by atoms with Gasteiger partial charge in [0.15, 0.2) is 10.7 Å². The lowest BCUT2D eigenvalue weighted by Gasteiger charge is -2.30. The summed E-state index contributed by atoms with van der Waals surface area (Å²) in [6, 6.07) is 3.88. The highest BCUT2D eigenvalue weighted by molar-refractivity contribution is 7.89. The predicted octanol–water partition coefficient (Wildman–Crippen LogP) is 3.61. The van der Waals surface area contributed by atoms with E-state index in [4.69, 9.17) is 4.52 Å². The van der Waals surface area contributed by atoms with Crippen molar-refractivity contribution >= 4 is 39.4 Å². The summed E-state index contributed by atoms with van der Waals surface area (Å²) in [7, 11) is -3.76. The molecule has 0 unspecified atom stereocenters. The fraction of sp³-hybridized carbons (Fsp3) is 0.583. The Morgan fingerprint density at radius 1 is 1.21 bits per heavy atom. The number of aryl methyl sites for hydroxylation is 1.